The molecule has 150 valence electrons. The molecule has 0 saturated carbocycles. The first kappa shape index (κ1) is 20.2. The number of rotatable bonds is 7. The van der Waals surface area contributed by atoms with Crippen molar-refractivity contribution >= 4 is 11.6 Å². The van der Waals surface area contributed by atoms with Crippen LogP contribution in [0, 0.1) is 0 Å². The van der Waals surface area contributed by atoms with Gasteiger partial charge in [-0.15, -0.1) is 0 Å². The third-order valence-electron chi connectivity index (χ3n) is 5.45. The predicted molar refractivity (Wildman–Crippen MR) is 114 cm³/mol. The van der Waals surface area contributed by atoms with Crippen LogP contribution in [0.1, 0.15) is 25.8 Å². The summed E-state index contributed by atoms with van der Waals surface area (Å²) in [4.78, 5) is 17.5. The van der Waals surface area contributed by atoms with E-state index in [1.807, 2.05) is 56.1 Å². The average molecular weight is 382 g/mol. The van der Waals surface area contributed by atoms with Crippen molar-refractivity contribution < 1.29 is 9.53 Å². The van der Waals surface area contributed by atoms with Crippen molar-refractivity contribution in [1.29, 1.82) is 0 Å². The van der Waals surface area contributed by atoms with Gasteiger partial charge in [0.25, 0.3) is 0 Å². The fraction of sp³-hybridized carbons (Fsp3) is 0.435. The van der Waals surface area contributed by atoms with Crippen LogP contribution in [-0.4, -0.2) is 54.5 Å². The summed E-state index contributed by atoms with van der Waals surface area (Å²) in [6.07, 6.45) is 1.01. The number of likely N-dealkylation sites (tertiary alicyclic amines) is 1. The van der Waals surface area contributed by atoms with Crippen molar-refractivity contribution in [3.05, 3.63) is 60.2 Å². The van der Waals surface area contributed by atoms with Crippen LogP contribution in [0.3, 0.4) is 0 Å². The summed E-state index contributed by atoms with van der Waals surface area (Å²) in [6, 6.07) is 18.4. The molecule has 0 aromatic heterocycles. The van der Waals surface area contributed by atoms with E-state index in [1.165, 1.54) is 5.56 Å². The van der Waals surface area contributed by atoms with Crippen LogP contribution in [0.15, 0.2) is 54.6 Å². The lowest BCUT2D eigenvalue weighted by Gasteiger charge is -2.34. The van der Waals surface area contributed by atoms with E-state index in [0.29, 0.717) is 0 Å². The molecule has 0 aliphatic carbocycles. The van der Waals surface area contributed by atoms with Gasteiger partial charge in [0.2, 0.25) is 5.91 Å². The van der Waals surface area contributed by atoms with E-state index in [-0.39, 0.29) is 11.9 Å². The Labute approximate surface area is 168 Å². The minimum absolute atomic E-state index is 0.106. The van der Waals surface area contributed by atoms with Gasteiger partial charge in [-0.2, -0.15) is 0 Å². The monoisotopic (exact) mass is 381 g/mol. The summed E-state index contributed by atoms with van der Waals surface area (Å²) in [7, 11) is 3.57. The second-order valence-corrected chi connectivity index (χ2v) is 8.06. The predicted octanol–water partition coefficient (Wildman–Crippen LogP) is 3.62. The molecule has 0 radical (unpaired) electrons. The summed E-state index contributed by atoms with van der Waals surface area (Å²) >= 11 is 0. The molecule has 0 spiro atoms. The molecule has 3 rings (SSSR count). The molecule has 5 heteroatoms. The standard InChI is InChI=1S/C23H31N3O2/c1-23(2,24-19-10-12-21(28-4)13-11-19)22(27)25(3)20-14-15-26(17-20)16-18-8-6-5-7-9-18/h5-13,20,24H,14-17H2,1-4H3/t20-/m0/s1. The fourth-order valence-electron chi connectivity index (χ4n) is 3.81. The Morgan fingerprint density at radius 3 is 2.50 bits per heavy atom. The van der Waals surface area contributed by atoms with E-state index in [1.54, 1.807) is 7.11 Å². The fourth-order valence-corrected chi connectivity index (χ4v) is 3.81. The van der Waals surface area contributed by atoms with Crippen molar-refractivity contribution in [2.45, 2.75) is 38.4 Å². The first-order valence-corrected chi connectivity index (χ1v) is 9.85. The Morgan fingerprint density at radius 2 is 1.86 bits per heavy atom. The lowest BCUT2D eigenvalue weighted by Crippen LogP contribution is -2.52. The lowest BCUT2D eigenvalue weighted by molar-refractivity contribution is -0.135. The van der Waals surface area contributed by atoms with Crippen LogP contribution in [0.25, 0.3) is 0 Å². The molecule has 1 aliphatic rings. The molecule has 1 saturated heterocycles. The Kier molecular flexibility index (Phi) is 6.25. The van der Waals surface area contributed by atoms with Crippen molar-refractivity contribution in [2.75, 3.05) is 32.6 Å². The third kappa shape index (κ3) is 4.84. The Balaban J connectivity index is 1.58. The van der Waals surface area contributed by atoms with Crippen molar-refractivity contribution in [3.8, 4) is 5.75 Å². The number of carbonyl (C=O) groups is 1. The highest BCUT2D eigenvalue weighted by molar-refractivity contribution is 5.88. The summed E-state index contributed by atoms with van der Waals surface area (Å²) in [5.41, 5.74) is 1.54. The molecular weight excluding hydrogens is 350 g/mol. The van der Waals surface area contributed by atoms with Gasteiger partial charge in [-0.1, -0.05) is 30.3 Å². The Morgan fingerprint density at radius 1 is 1.18 bits per heavy atom. The number of methoxy groups -OCH3 is 1. The van der Waals surface area contributed by atoms with Gasteiger partial charge in [0.1, 0.15) is 11.3 Å². The zero-order valence-electron chi connectivity index (χ0n) is 17.3. The first-order chi connectivity index (χ1) is 13.4. The van der Waals surface area contributed by atoms with E-state index in [4.69, 9.17) is 4.74 Å². The number of hydrogen-bond acceptors (Lipinski definition) is 4. The molecule has 1 heterocycles. The smallest absolute Gasteiger partial charge is 0.247 e. The molecule has 1 fully saturated rings. The normalized spacial score (nSPS) is 17.4. The molecule has 1 amide bonds. The Hall–Kier alpha value is -2.53. The second-order valence-electron chi connectivity index (χ2n) is 8.06. The lowest BCUT2D eigenvalue weighted by atomic mass is 10.0. The van der Waals surface area contributed by atoms with Gasteiger partial charge in [-0.05, 0) is 50.1 Å². The zero-order chi connectivity index (χ0) is 20.1. The number of carbonyl (C=O) groups excluding carboxylic acids is 1. The maximum absolute atomic E-state index is 13.2. The van der Waals surface area contributed by atoms with Crippen LogP contribution < -0.4 is 10.1 Å². The van der Waals surface area contributed by atoms with Gasteiger partial charge < -0.3 is 15.0 Å². The highest BCUT2D eigenvalue weighted by Crippen LogP contribution is 2.23. The van der Waals surface area contributed by atoms with Crippen LogP contribution in [0.4, 0.5) is 5.69 Å². The highest BCUT2D eigenvalue weighted by atomic mass is 16.5. The van der Waals surface area contributed by atoms with Crippen molar-refractivity contribution in [2.24, 2.45) is 0 Å². The van der Waals surface area contributed by atoms with E-state index >= 15 is 0 Å². The van der Waals surface area contributed by atoms with Gasteiger partial charge in [0.05, 0.1) is 7.11 Å². The number of anilines is 1. The number of hydrogen-bond donors (Lipinski definition) is 1. The molecule has 1 aliphatic heterocycles. The zero-order valence-corrected chi connectivity index (χ0v) is 17.3. The van der Waals surface area contributed by atoms with E-state index in [0.717, 1.165) is 37.5 Å². The molecule has 1 atom stereocenters. The van der Waals surface area contributed by atoms with Crippen LogP contribution in [-0.2, 0) is 11.3 Å². The van der Waals surface area contributed by atoms with Crippen molar-refractivity contribution in [3.63, 3.8) is 0 Å². The minimum atomic E-state index is -0.684. The van der Waals surface area contributed by atoms with Gasteiger partial charge in [0.15, 0.2) is 0 Å². The summed E-state index contributed by atoms with van der Waals surface area (Å²) in [5, 5.41) is 3.36. The number of nitrogens with zero attached hydrogens (tertiary/aromatic N) is 2. The minimum Gasteiger partial charge on any atom is -0.497 e. The van der Waals surface area contributed by atoms with Crippen LogP contribution in [0.5, 0.6) is 5.75 Å². The highest BCUT2D eigenvalue weighted by Gasteiger charge is 2.36. The van der Waals surface area contributed by atoms with E-state index in [9.17, 15) is 4.79 Å². The average Bonchev–Trinajstić information content (AvgIpc) is 3.16. The molecule has 1 N–H and O–H groups in total. The third-order valence-corrected chi connectivity index (χ3v) is 5.45. The van der Waals surface area contributed by atoms with Gasteiger partial charge in [-0.3, -0.25) is 9.69 Å². The summed E-state index contributed by atoms with van der Waals surface area (Å²) in [6.45, 7) is 6.74. The summed E-state index contributed by atoms with van der Waals surface area (Å²) in [5.74, 6) is 0.908. The molecule has 0 unspecified atom stereocenters. The quantitative estimate of drug-likeness (QED) is 0.796. The number of amides is 1. The van der Waals surface area contributed by atoms with Crippen molar-refractivity contribution in [1.82, 2.24) is 9.80 Å². The van der Waals surface area contributed by atoms with E-state index < -0.39 is 5.54 Å². The maximum atomic E-state index is 13.2. The SMILES string of the molecule is COc1ccc(NC(C)(C)C(=O)N(C)[C@H]2CCN(Cc3ccccc3)C2)cc1. The van der Waals surface area contributed by atoms with Gasteiger partial charge in [0, 0.05) is 38.4 Å². The molecule has 5 nitrogen and oxygen atoms in total. The van der Waals surface area contributed by atoms with E-state index in [2.05, 4.69) is 34.5 Å². The largest absolute Gasteiger partial charge is 0.497 e. The number of nitrogens with one attached hydrogen (secondary N) is 1. The second kappa shape index (κ2) is 8.65. The summed E-state index contributed by atoms with van der Waals surface area (Å²) < 4.78 is 5.20. The molecule has 28 heavy (non-hydrogen) atoms. The molecule has 2 aromatic carbocycles. The maximum Gasteiger partial charge on any atom is 0.247 e. The Bertz CT molecular complexity index is 774. The number of benzene rings is 2. The number of ether oxygens (including phenoxy) is 1. The van der Waals surface area contributed by atoms with Crippen LogP contribution >= 0.6 is 0 Å². The number of likely N-dealkylation sites (N-methyl/N-ethyl adjacent to an activating group) is 1. The molecule has 0 bridgehead atoms. The van der Waals surface area contributed by atoms with Crippen LogP contribution in [0.2, 0.25) is 0 Å². The van der Waals surface area contributed by atoms with Gasteiger partial charge in [-0.25, -0.2) is 0 Å². The first-order valence-electron chi connectivity index (χ1n) is 9.85. The topological polar surface area (TPSA) is 44.8 Å². The molecular formula is C23H31N3O2. The molecule has 2 aromatic rings. The van der Waals surface area contributed by atoms with Gasteiger partial charge >= 0.3 is 0 Å².